The van der Waals surface area contributed by atoms with Crippen LogP contribution in [0.15, 0.2) is 72.8 Å². The van der Waals surface area contributed by atoms with E-state index in [4.69, 9.17) is 9.47 Å². The molecule has 0 aliphatic carbocycles. The molecule has 0 bridgehead atoms. The number of benzene rings is 3. The van der Waals surface area contributed by atoms with Crippen LogP contribution in [0.1, 0.15) is 40.4 Å². The van der Waals surface area contributed by atoms with Crippen LogP contribution < -0.4 is 5.32 Å². The average Bonchev–Trinajstić information content (AvgIpc) is 3.67. The predicted octanol–water partition coefficient (Wildman–Crippen LogP) is 3.42. The Kier molecular flexibility index (Phi) is 8.64. The molecule has 4 aromatic rings. The van der Waals surface area contributed by atoms with E-state index in [0.717, 1.165) is 12.8 Å². The first-order valence-electron chi connectivity index (χ1n) is 13.3. The van der Waals surface area contributed by atoms with Crippen LogP contribution in [0.25, 0.3) is 11.0 Å². The third-order valence-electron chi connectivity index (χ3n) is 7.03. The van der Waals surface area contributed by atoms with Gasteiger partial charge in [0.1, 0.15) is 23.9 Å². The fraction of sp³-hybridized carbons (Fsp3) is 0.300. The van der Waals surface area contributed by atoms with Crippen LogP contribution in [0.5, 0.6) is 0 Å². The fourth-order valence-electron chi connectivity index (χ4n) is 4.87. The second kappa shape index (κ2) is 12.7. The van der Waals surface area contributed by atoms with Gasteiger partial charge in [-0.25, -0.2) is 13.9 Å². The van der Waals surface area contributed by atoms with Crippen molar-refractivity contribution in [2.45, 2.75) is 38.1 Å². The number of hydrogen-bond acceptors (Lipinski definition) is 7. The van der Waals surface area contributed by atoms with Crippen LogP contribution in [0, 0.1) is 5.82 Å². The molecule has 0 saturated carbocycles. The van der Waals surface area contributed by atoms with Gasteiger partial charge in [0.05, 0.1) is 24.3 Å². The van der Waals surface area contributed by atoms with Crippen molar-refractivity contribution in [3.63, 3.8) is 0 Å². The highest BCUT2D eigenvalue weighted by Gasteiger charge is 2.33. The van der Waals surface area contributed by atoms with Crippen LogP contribution in [-0.2, 0) is 32.2 Å². The Morgan fingerprint density at radius 1 is 1.10 bits per heavy atom. The standard InChI is InChI=1S/C30H30FN5O5/c1-40-30(39)22-12-10-21(11-13-22)28(29(38)32-17-24-5-4-16-41-24)35(18-20-8-14-23(31)15-9-20)27(37)19-36-26-7-3-2-6-25(26)33-34-36/h2-3,6-15,24,28H,4-5,16-19H2,1H3,(H,32,38)/t24-,28-/m1/s1. The third-order valence-corrected chi connectivity index (χ3v) is 7.03. The van der Waals surface area contributed by atoms with E-state index in [-0.39, 0.29) is 19.2 Å². The van der Waals surface area contributed by atoms with Gasteiger partial charge in [0.25, 0.3) is 0 Å². The highest BCUT2D eigenvalue weighted by molar-refractivity contribution is 5.91. The summed E-state index contributed by atoms with van der Waals surface area (Å²) in [5, 5.41) is 11.2. The van der Waals surface area contributed by atoms with Crippen molar-refractivity contribution in [3.8, 4) is 0 Å². The van der Waals surface area contributed by atoms with Gasteiger partial charge in [0, 0.05) is 19.7 Å². The minimum absolute atomic E-state index is 0.0164. The van der Waals surface area contributed by atoms with Gasteiger partial charge in [-0.15, -0.1) is 5.10 Å². The summed E-state index contributed by atoms with van der Waals surface area (Å²) in [4.78, 5) is 41.3. The lowest BCUT2D eigenvalue weighted by Gasteiger charge is -2.32. The lowest BCUT2D eigenvalue weighted by atomic mass is 10.0. The summed E-state index contributed by atoms with van der Waals surface area (Å²) in [6.07, 6.45) is 1.64. The van der Waals surface area contributed by atoms with Crippen molar-refractivity contribution in [2.24, 2.45) is 0 Å². The van der Waals surface area contributed by atoms with Crippen molar-refractivity contribution in [2.75, 3.05) is 20.3 Å². The molecular formula is C30H30FN5O5. The minimum atomic E-state index is -1.07. The number of nitrogens with zero attached hydrogens (tertiary/aromatic N) is 4. The van der Waals surface area contributed by atoms with Gasteiger partial charge in [0.15, 0.2) is 0 Å². The van der Waals surface area contributed by atoms with Crippen LogP contribution >= 0.6 is 0 Å². The van der Waals surface area contributed by atoms with Crippen LogP contribution in [0.4, 0.5) is 4.39 Å². The maximum Gasteiger partial charge on any atom is 0.337 e. The van der Waals surface area contributed by atoms with Crippen LogP contribution in [0.3, 0.4) is 0 Å². The molecule has 2 heterocycles. The summed E-state index contributed by atoms with van der Waals surface area (Å²) in [6.45, 7) is 0.766. The molecule has 0 spiro atoms. The van der Waals surface area contributed by atoms with E-state index in [1.165, 1.54) is 28.8 Å². The zero-order valence-electron chi connectivity index (χ0n) is 22.5. The molecule has 0 radical (unpaired) electrons. The molecule has 2 amide bonds. The molecule has 10 nitrogen and oxygen atoms in total. The van der Waals surface area contributed by atoms with E-state index in [1.54, 1.807) is 42.5 Å². The number of esters is 1. The number of nitrogens with one attached hydrogen (secondary N) is 1. The molecular weight excluding hydrogens is 529 g/mol. The number of para-hydroxylation sites is 1. The highest BCUT2D eigenvalue weighted by atomic mass is 19.1. The van der Waals surface area contributed by atoms with Gasteiger partial charge in [-0.2, -0.15) is 0 Å². The maximum absolute atomic E-state index is 14.0. The zero-order valence-corrected chi connectivity index (χ0v) is 22.5. The predicted molar refractivity (Wildman–Crippen MR) is 147 cm³/mol. The van der Waals surface area contributed by atoms with Crippen molar-refractivity contribution >= 4 is 28.8 Å². The highest BCUT2D eigenvalue weighted by Crippen LogP contribution is 2.26. The summed E-state index contributed by atoms with van der Waals surface area (Å²) >= 11 is 0. The maximum atomic E-state index is 14.0. The van der Waals surface area contributed by atoms with Crippen LogP contribution in [-0.4, -0.2) is 64.0 Å². The van der Waals surface area contributed by atoms with Crippen molar-refractivity contribution in [1.29, 1.82) is 0 Å². The van der Waals surface area contributed by atoms with Gasteiger partial charge in [-0.05, 0) is 60.4 Å². The topological polar surface area (TPSA) is 116 Å². The Bertz CT molecular complexity index is 1520. The molecule has 1 fully saturated rings. The second-order valence-electron chi connectivity index (χ2n) is 9.78. The summed E-state index contributed by atoms with van der Waals surface area (Å²) in [7, 11) is 1.29. The first-order chi connectivity index (χ1) is 19.9. The number of ether oxygens (including phenoxy) is 2. The summed E-state index contributed by atoms with van der Waals surface area (Å²) < 4.78 is 25.7. The number of aromatic nitrogens is 3. The molecule has 212 valence electrons. The van der Waals surface area contributed by atoms with Gasteiger partial charge in [-0.3, -0.25) is 9.59 Å². The number of amides is 2. The minimum Gasteiger partial charge on any atom is -0.465 e. The van der Waals surface area contributed by atoms with Gasteiger partial charge in [-0.1, -0.05) is 41.6 Å². The molecule has 1 aliphatic rings. The molecule has 1 saturated heterocycles. The second-order valence-corrected chi connectivity index (χ2v) is 9.78. The number of halogens is 1. The van der Waals surface area contributed by atoms with Gasteiger partial charge >= 0.3 is 5.97 Å². The number of hydrogen-bond donors (Lipinski definition) is 1. The van der Waals surface area contributed by atoms with Crippen LogP contribution in [0.2, 0.25) is 0 Å². The number of fused-ring (bicyclic) bond motifs is 1. The average molecular weight is 560 g/mol. The van der Waals surface area contributed by atoms with E-state index in [2.05, 4.69) is 15.6 Å². The van der Waals surface area contributed by atoms with Crippen molar-refractivity contribution < 1.29 is 28.2 Å². The Morgan fingerprint density at radius 2 is 1.85 bits per heavy atom. The Labute approximate surface area is 236 Å². The third kappa shape index (κ3) is 6.58. The lowest BCUT2D eigenvalue weighted by molar-refractivity contribution is -0.142. The SMILES string of the molecule is COC(=O)c1ccc([C@H](C(=O)NC[C@H]2CCCO2)N(Cc2ccc(F)cc2)C(=O)Cn2nnc3ccccc32)cc1. The normalized spacial score (nSPS) is 15.4. The molecule has 1 aromatic heterocycles. The molecule has 41 heavy (non-hydrogen) atoms. The van der Waals surface area contributed by atoms with E-state index in [1.807, 2.05) is 18.2 Å². The van der Waals surface area contributed by atoms with E-state index in [0.29, 0.717) is 40.9 Å². The number of methoxy groups -OCH3 is 1. The molecule has 2 atom stereocenters. The quantitative estimate of drug-likeness (QED) is 0.296. The lowest BCUT2D eigenvalue weighted by Crippen LogP contribution is -2.46. The summed E-state index contributed by atoms with van der Waals surface area (Å²) in [5.74, 6) is -1.75. The summed E-state index contributed by atoms with van der Waals surface area (Å²) in [6, 6.07) is 18.3. The fourth-order valence-corrected chi connectivity index (χ4v) is 4.87. The van der Waals surface area contributed by atoms with Gasteiger partial charge in [0.2, 0.25) is 11.8 Å². The zero-order chi connectivity index (χ0) is 28.8. The summed E-state index contributed by atoms with van der Waals surface area (Å²) in [5.41, 5.74) is 2.73. The first-order valence-corrected chi connectivity index (χ1v) is 13.3. The molecule has 11 heteroatoms. The van der Waals surface area contributed by atoms with Crippen molar-refractivity contribution in [1.82, 2.24) is 25.2 Å². The van der Waals surface area contributed by atoms with Crippen molar-refractivity contribution in [3.05, 3.63) is 95.3 Å². The van der Waals surface area contributed by atoms with E-state index >= 15 is 0 Å². The molecule has 3 aromatic carbocycles. The molecule has 1 aliphatic heterocycles. The Balaban J connectivity index is 1.51. The smallest absolute Gasteiger partial charge is 0.337 e. The van der Waals surface area contributed by atoms with E-state index < -0.39 is 29.6 Å². The Morgan fingerprint density at radius 3 is 2.56 bits per heavy atom. The number of rotatable bonds is 10. The van der Waals surface area contributed by atoms with Gasteiger partial charge < -0.3 is 19.7 Å². The number of carbonyl (C=O) groups is 3. The largest absolute Gasteiger partial charge is 0.465 e. The first kappa shape index (κ1) is 27.9. The Hall–Kier alpha value is -4.64. The molecule has 1 N–H and O–H groups in total. The number of carbonyl (C=O) groups excluding carboxylic acids is 3. The molecule has 5 rings (SSSR count). The van der Waals surface area contributed by atoms with E-state index in [9.17, 15) is 18.8 Å². The molecule has 0 unspecified atom stereocenters. The monoisotopic (exact) mass is 559 g/mol.